The van der Waals surface area contributed by atoms with E-state index in [2.05, 4.69) is 18.8 Å². The van der Waals surface area contributed by atoms with E-state index in [9.17, 15) is 23.1 Å². The van der Waals surface area contributed by atoms with Gasteiger partial charge in [-0.1, -0.05) is 48.6 Å². The van der Waals surface area contributed by atoms with E-state index in [0.29, 0.717) is 29.9 Å². The van der Waals surface area contributed by atoms with E-state index in [1.165, 1.54) is 23.0 Å². The molecule has 1 N–H and O–H groups in total. The van der Waals surface area contributed by atoms with Gasteiger partial charge in [0.15, 0.2) is 15.6 Å². The summed E-state index contributed by atoms with van der Waals surface area (Å²) in [7, 11) is -3.29. The third-order valence-electron chi connectivity index (χ3n) is 10.1. The minimum Gasteiger partial charge on any atom is -0.377 e. The molecule has 0 aromatic heterocycles. The molecule has 0 radical (unpaired) electrons. The third kappa shape index (κ3) is 4.40. The number of sulfone groups is 1. The van der Waals surface area contributed by atoms with Crippen LogP contribution in [0.25, 0.3) is 0 Å². The average Bonchev–Trinajstić information content (AvgIpc) is 3.21. The van der Waals surface area contributed by atoms with Crippen molar-refractivity contribution in [1.82, 2.24) is 0 Å². The van der Waals surface area contributed by atoms with Gasteiger partial charge in [0.1, 0.15) is 11.9 Å². The van der Waals surface area contributed by atoms with Crippen LogP contribution in [0, 0.1) is 29.1 Å². The maximum Gasteiger partial charge on any atom is 0.175 e. The molecule has 0 heterocycles. The second-order valence-corrected chi connectivity index (χ2v) is 14.2. The number of ketones is 1. The summed E-state index contributed by atoms with van der Waals surface area (Å²) in [5.41, 5.74) is 4.75. The van der Waals surface area contributed by atoms with Gasteiger partial charge in [0.05, 0.1) is 4.90 Å². The number of aliphatic hydroxyl groups is 1. The molecule has 206 valence electrons. The Bertz CT molecular complexity index is 1620. The first-order valence-corrected chi connectivity index (χ1v) is 16.0. The van der Waals surface area contributed by atoms with E-state index in [4.69, 9.17) is 0 Å². The van der Waals surface area contributed by atoms with Crippen molar-refractivity contribution >= 4 is 21.9 Å². The largest absolute Gasteiger partial charge is 0.377 e. The van der Waals surface area contributed by atoms with Gasteiger partial charge in [-0.25, -0.2) is 8.42 Å². The molecule has 4 aliphatic rings. The summed E-state index contributed by atoms with van der Waals surface area (Å²) >= 11 is 0. The van der Waals surface area contributed by atoms with Crippen molar-refractivity contribution in [1.29, 1.82) is 0 Å². The summed E-state index contributed by atoms with van der Waals surface area (Å²) in [6.07, 6.45) is 9.24. The van der Waals surface area contributed by atoms with Crippen molar-refractivity contribution < 1.29 is 23.1 Å². The maximum atomic E-state index is 12.3. The Morgan fingerprint density at radius 3 is 2.40 bits per heavy atom. The molecule has 5 atom stereocenters. The van der Waals surface area contributed by atoms with Crippen LogP contribution >= 0.6 is 0 Å². The third-order valence-corrected chi connectivity index (χ3v) is 11.2. The second kappa shape index (κ2) is 9.68. The van der Waals surface area contributed by atoms with E-state index in [1.807, 2.05) is 30.3 Å². The molecule has 4 aliphatic carbocycles. The topological polar surface area (TPSA) is 88.5 Å². The number of carbonyl (C=O) groups excluding carboxylic acids is 2. The van der Waals surface area contributed by atoms with Gasteiger partial charge >= 0.3 is 0 Å². The molecule has 6 rings (SSSR count). The van der Waals surface area contributed by atoms with Gasteiger partial charge in [0, 0.05) is 35.1 Å². The number of hydrogen-bond donors (Lipinski definition) is 1. The molecule has 2 saturated carbocycles. The molecule has 2 aromatic rings. The summed E-state index contributed by atoms with van der Waals surface area (Å²) in [6, 6.07) is 14.3. The number of fused-ring (bicyclic) bond motifs is 4. The molecule has 2 fully saturated rings. The maximum absolute atomic E-state index is 12.3. The molecule has 6 heteroatoms. The van der Waals surface area contributed by atoms with Crippen molar-refractivity contribution in [2.24, 2.45) is 17.3 Å². The summed E-state index contributed by atoms with van der Waals surface area (Å²) in [5, 5.41) is 12.2. The molecule has 2 aromatic carbocycles. The molecule has 2 unspecified atom stereocenters. The number of hydrogen-bond acceptors (Lipinski definition) is 5. The van der Waals surface area contributed by atoms with Crippen LogP contribution in [0.5, 0.6) is 0 Å². The van der Waals surface area contributed by atoms with Gasteiger partial charge in [-0.05, 0) is 97.4 Å². The lowest BCUT2D eigenvalue weighted by Gasteiger charge is -2.53. The predicted molar refractivity (Wildman–Crippen MR) is 153 cm³/mol. The first-order chi connectivity index (χ1) is 19.0. The Labute approximate surface area is 236 Å². The molecular weight excluding hydrogens is 520 g/mol. The minimum absolute atomic E-state index is 0.0688. The summed E-state index contributed by atoms with van der Waals surface area (Å²) in [6.45, 7) is 2.19. The zero-order valence-corrected chi connectivity index (χ0v) is 23.8. The van der Waals surface area contributed by atoms with Gasteiger partial charge in [-0.3, -0.25) is 9.59 Å². The van der Waals surface area contributed by atoms with Crippen LogP contribution in [0.1, 0.15) is 79.3 Å². The fourth-order valence-corrected chi connectivity index (χ4v) is 8.57. The van der Waals surface area contributed by atoms with E-state index in [-0.39, 0.29) is 22.5 Å². The number of benzene rings is 2. The van der Waals surface area contributed by atoms with Crippen LogP contribution in [0.4, 0.5) is 0 Å². The second-order valence-electron chi connectivity index (χ2n) is 12.2. The van der Waals surface area contributed by atoms with Crippen molar-refractivity contribution in [2.45, 2.75) is 68.3 Å². The molecule has 0 saturated heterocycles. The summed E-state index contributed by atoms with van der Waals surface area (Å²) in [4.78, 5) is 23.9. The fraction of sp³-hybridized carbons (Fsp3) is 0.412. The van der Waals surface area contributed by atoms with Crippen molar-refractivity contribution in [3.05, 3.63) is 88.0 Å². The highest BCUT2D eigenvalue weighted by Crippen LogP contribution is 2.66. The van der Waals surface area contributed by atoms with Crippen LogP contribution in [0.15, 0.2) is 76.2 Å². The van der Waals surface area contributed by atoms with E-state index >= 15 is 0 Å². The normalized spacial score (nSPS) is 31.3. The van der Waals surface area contributed by atoms with Crippen molar-refractivity contribution in [2.75, 3.05) is 6.26 Å². The highest BCUT2D eigenvalue weighted by Gasteiger charge is 2.62. The Morgan fingerprint density at radius 2 is 1.73 bits per heavy atom. The van der Waals surface area contributed by atoms with Gasteiger partial charge < -0.3 is 5.11 Å². The SMILES string of the molecule is C[C@]12C[C@H](c3ccc(C=O)cc3)C3=C4CCC(=O)C=C4CCC3C1CC[C@@]2(O)C#Cc1ccc(S(C)(=O)=O)cc1. The summed E-state index contributed by atoms with van der Waals surface area (Å²) in [5.74, 6) is 7.27. The lowest BCUT2D eigenvalue weighted by molar-refractivity contribution is -0.114. The molecule has 0 spiro atoms. The lowest BCUT2D eigenvalue weighted by atomic mass is 9.51. The number of allylic oxidation sites excluding steroid dienone is 4. The smallest absolute Gasteiger partial charge is 0.175 e. The van der Waals surface area contributed by atoms with Gasteiger partial charge in [-0.15, -0.1) is 0 Å². The van der Waals surface area contributed by atoms with Crippen LogP contribution < -0.4 is 0 Å². The van der Waals surface area contributed by atoms with Crippen LogP contribution in [-0.2, 0) is 14.6 Å². The number of rotatable bonds is 3. The van der Waals surface area contributed by atoms with E-state index in [1.54, 1.807) is 24.3 Å². The van der Waals surface area contributed by atoms with Crippen molar-refractivity contribution in [3.8, 4) is 11.8 Å². The first-order valence-electron chi connectivity index (χ1n) is 14.1. The van der Waals surface area contributed by atoms with Gasteiger partial charge in [0.25, 0.3) is 0 Å². The minimum atomic E-state index is -3.29. The Kier molecular flexibility index (Phi) is 6.52. The molecule has 0 aliphatic heterocycles. The number of carbonyl (C=O) groups is 2. The quantitative estimate of drug-likeness (QED) is 0.395. The molecular formula is C34H34O5S. The first kappa shape index (κ1) is 26.9. The summed E-state index contributed by atoms with van der Waals surface area (Å²) < 4.78 is 23.7. The average molecular weight is 555 g/mol. The van der Waals surface area contributed by atoms with Gasteiger partial charge in [-0.2, -0.15) is 0 Å². The number of aldehydes is 1. The standard InChI is InChI=1S/C34H34O5S/c1-33-20-30(24-7-3-23(21-35)4-8-24)32-28-14-10-26(36)19-25(28)9-13-29(32)31(33)16-18-34(33,37)17-15-22-5-11-27(12-6-22)40(2,38)39/h3-8,11-12,19,21,29-31,37H,9-10,13-14,16,18,20H2,1-2H3/t29?,30-,31?,33+,34+/m1/s1. The Balaban J connectivity index is 1.42. The molecule has 5 nitrogen and oxygen atoms in total. The lowest BCUT2D eigenvalue weighted by Crippen LogP contribution is -2.51. The zero-order chi connectivity index (χ0) is 28.3. The van der Waals surface area contributed by atoms with E-state index in [0.717, 1.165) is 44.0 Å². The highest BCUT2D eigenvalue weighted by atomic mass is 32.2. The highest BCUT2D eigenvalue weighted by molar-refractivity contribution is 7.90. The Hall–Kier alpha value is -3.27. The van der Waals surface area contributed by atoms with Crippen LogP contribution in [0.2, 0.25) is 0 Å². The predicted octanol–water partition coefficient (Wildman–Crippen LogP) is 5.58. The monoisotopic (exact) mass is 554 g/mol. The van der Waals surface area contributed by atoms with Gasteiger partial charge in [0.2, 0.25) is 0 Å². The molecule has 0 amide bonds. The Morgan fingerprint density at radius 1 is 1.00 bits per heavy atom. The molecule has 40 heavy (non-hydrogen) atoms. The van der Waals surface area contributed by atoms with Crippen molar-refractivity contribution in [3.63, 3.8) is 0 Å². The fourth-order valence-electron chi connectivity index (χ4n) is 7.94. The zero-order valence-electron chi connectivity index (χ0n) is 22.9. The van der Waals surface area contributed by atoms with E-state index < -0.39 is 20.9 Å². The van der Waals surface area contributed by atoms with Crippen LogP contribution in [0.3, 0.4) is 0 Å². The van der Waals surface area contributed by atoms with Crippen LogP contribution in [-0.4, -0.2) is 37.5 Å². The molecule has 0 bridgehead atoms.